The maximum Gasteiger partial charge on any atom is 0.243 e. The zero-order valence-corrected chi connectivity index (χ0v) is 12.9. The van der Waals surface area contributed by atoms with E-state index in [2.05, 4.69) is 10.3 Å². The minimum atomic E-state index is -3.48. The fourth-order valence-corrected chi connectivity index (χ4v) is 4.38. The monoisotopic (exact) mass is 305 g/mol. The molecule has 0 radical (unpaired) electrons. The molecule has 112 valence electrons. The number of nitrogens with zero attached hydrogens (tertiary/aromatic N) is 2. The molecule has 21 heavy (non-hydrogen) atoms. The van der Waals surface area contributed by atoms with E-state index in [1.807, 2.05) is 19.1 Å². The minimum absolute atomic E-state index is 0.359. The zero-order valence-electron chi connectivity index (χ0n) is 12.0. The third kappa shape index (κ3) is 2.66. The summed E-state index contributed by atoms with van der Waals surface area (Å²) in [5.74, 6) is 0. The van der Waals surface area contributed by atoms with Crippen molar-refractivity contribution in [2.45, 2.75) is 18.2 Å². The quantitative estimate of drug-likeness (QED) is 0.914. The highest BCUT2D eigenvalue weighted by molar-refractivity contribution is 7.89. The van der Waals surface area contributed by atoms with E-state index in [9.17, 15) is 8.42 Å². The molecule has 0 saturated carbocycles. The van der Waals surface area contributed by atoms with Crippen molar-refractivity contribution in [1.29, 1.82) is 0 Å². The number of nitrogens with one attached hydrogen (secondary N) is 1. The summed E-state index contributed by atoms with van der Waals surface area (Å²) in [5.41, 5.74) is 1.74. The van der Waals surface area contributed by atoms with E-state index in [4.69, 9.17) is 0 Å². The fraction of sp³-hybridized carbons (Fsp3) is 0.400. The first-order valence-electron chi connectivity index (χ1n) is 7.16. The number of benzene rings is 1. The molecule has 1 aliphatic heterocycles. The molecular formula is C15H19N3O2S. The van der Waals surface area contributed by atoms with Gasteiger partial charge in [-0.25, -0.2) is 8.42 Å². The van der Waals surface area contributed by atoms with Crippen LogP contribution < -0.4 is 5.32 Å². The van der Waals surface area contributed by atoms with Gasteiger partial charge in [-0.15, -0.1) is 0 Å². The van der Waals surface area contributed by atoms with Gasteiger partial charge in [-0.1, -0.05) is 6.07 Å². The summed E-state index contributed by atoms with van der Waals surface area (Å²) < 4.78 is 27.4. The highest BCUT2D eigenvalue weighted by Crippen LogP contribution is 2.27. The first kappa shape index (κ1) is 14.4. The van der Waals surface area contributed by atoms with Crippen molar-refractivity contribution in [2.75, 3.05) is 26.2 Å². The summed E-state index contributed by atoms with van der Waals surface area (Å²) in [5, 5.41) is 3.93. The van der Waals surface area contributed by atoms with Crippen LogP contribution >= 0.6 is 0 Å². The van der Waals surface area contributed by atoms with Crippen LogP contribution in [0.5, 0.6) is 0 Å². The third-order valence-corrected chi connectivity index (χ3v) is 5.81. The topological polar surface area (TPSA) is 62.3 Å². The van der Waals surface area contributed by atoms with Crippen LogP contribution in [-0.4, -0.2) is 43.9 Å². The maximum absolute atomic E-state index is 12.9. The van der Waals surface area contributed by atoms with Crippen molar-refractivity contribution in [1.82, 2.24) is 14.6 Å². The predicted octanol–water partition coefficient (Wildman–Crippen LogP) is 1.53. The van der Waals surface area contributed by atoms with E-state index in [1.165, 1.54) is 0 Å². The number of hydrogen-bond acceptors (Lipinski definition) is 4. The van der Waals surface area contributed by atoms with Gasteiger partial charge in [0.25, 0.3) is 0 Å². The Morgan fingerprint density at radius 2 is 2.05 bits per heavy atom. The smallest absolute Gasteiger partial charge is 0.243 e. The number of aryl methyl sites for hydroxylation is 1. The number of aromatic nitrogens is 1. The van der Waals surface area contributed by atoms with Crippen LogP contribution in [0.3, 0.4) is 0 Å². The minimum Gasteiger partial charge on any atom is -0.315 e. The molecule has 0 unspecified atom stereocenters. The van der Waals surface area contributed by atoms with E-state index in [0.29, 0.717) is 29.9 Å². The van der Waals surface area contributed by atoms with Gasteiger partial charge in [-0.2, -0.15) is 4.31 Å². The van der Waals surface area contributed by atoms with Gasteiger partial charge in [0, 0.05) is 31.2 Å². The van der Waals surface area contributed by atoms with Gasteiger partial charge in [0.1, 0.15) is 0 Å². The van der Waals surface area contributed by atoms with E-state index in [-0.39, 0.29) is 0 Å². The molecule has 0 aliphatic carbocycles. The lowest BCUT2D eigenvalue weighted by Gasteiger charge is -2.20. The second kappa shape index (κ2) is 5.71. The highest BCUT2D eigenvalue weighted by atomic mass is 32.2. The Morgan fingerprint density at radius 1 is 1.19 bits per heavy atom. The molecule has 1 fully saturated rings. The van der Waals surface area contributed by atoms with Crippen molar-refractivity contribution >= 4 is 20.9 Å². The van der Waals surface area contributed by atoms with E-state index in [1.54, 1.807) is 22.6 Å². The second-order valence-corrected chi connectivity index (χ2v) is 7.19. The Kier molecular flexibility index (Phi) is 3.93. The lowest BCUT2D eigenvalue weighted by atomic mass is 10.1. The molecule has 1 N–H and O–H groups in total. The van der Waals surface area contributed by atoms with E-state index >= 15 is 0 Å². The maximum atomic E-state index is 12.9. The number of fused-ring (bicyclic) bond motifs is 1. The molecule has 6 heteroatoms. The number of sulfonamides is 1. The molecule has 3 rings (SSSR count). The molecule has 2 aromatic rings. The predicted molar refractivity (Wildman–Crippen MR) is 82.7 cm³/mol. The molecule has 5 nitrogen and oxygen atoms in total. The lowest BCUT2D eigenvalue weighted by Crippen LogP contribution is -2.34. The van der Waals surface area contributed by atoms with Gasteiger partial charge in [0.2, 0.25) is 10.0 Å². The largest absolute Gasteiger partial charge is 0.315 e. The van der Waals surface area contributed by atoms with Crippen LogP contribution in [0.2, 0.25) is 0 Å². The Morgan fingerprint density at radius 3 is 2.90 bits per heavy atom. The normalized spacial score (nSPS) is 17.8. The van der Waals surface area contributed by atoms with Crippen molar-refractivity contribution < 1.29 is 8.42 Å². The summed E-state index contributed by atoms with van der Waals surface area (Å²) in [6, 6.07) is 7.15. The average molecular weight is 305 g/mol. The van der Waals surface area contributed by atoms with Gasteiger partial charge < -0.3 is 5.32 Å². The first-order chi connectivity index (χ1) is 10.1. The molecule has 0 amide bonds. The summed E-state index contributed by atoms with van der Waals surface area (Å²) in [6.07, 6.45) is 2.53. The van der Waals surface area contributed by atoms with Crippen LogP contribution in [0.25, 0.3) is 10.9 Å². The molecule has 2 heterocycles. The van der Waals surface area contributed by atoms with Crippen LogP contribution in [-0.2, 0) is 10.0 Å². The molecule has 1 aliphatic rings. The SMILES string of the molecule is Cc1ccc(S(=O)(=O)N2CCCNCC2)c2cccnc12. The van der Waals surface area contributed by atoms with Crippen molar-refractivity contribution in [3.8, 4) is 0 Å². The Balaban J connectivity index is 2.12. The van der Waals surface area contributed by atoms with Crippen molar-refractivity contribution in [3.63, 3.8) is 0 Å². The number of rotatable bonds is 2. The van der Waals surface area contributed by atoms with Gasteiger partial charge in [0.05, 0.1) is 10.4 Å². The van der Waals surface area contributed by atoms with Gasteiger partial charge in [0.15, 0.2) is 0 Å². The Hall–Kier alpha value is -1.50. The van der Waals surface area contributed by atoms with Gasteiger partial charge >= 0.3 is 0 Å². The third-order valence-electron chi connectivity index (χ3n) is 3.85. The standard InChI is InChI=1S/C15H19N3O2S/c1-12-5-6-14(13-4-2-8-17-15(12)13)21(19,20)18-10-3-7-16-9-11-18/h2,4-6,8,16H,3,7,9-11H2,1H3. The molecule has 1 aromatic heterocycles. The van der Waals surface area contributed by atoms with Crippen LogP contribution in [0, 0.1) is 6.92 Å². The Labute approximate surface area is 125 Å². The van der Waals surface area contributed by atoms with Gasteiger partial charge in [-0.05, 0) is 43.7 Å². The van der Waals surface area contributed by atoms with Crippen LogP contribution in [0.15, 0.2) is 35.4 Å². The zero-order chi connectivity index (χ0) is 14.9. The molecule has 0 atom stereocenters. The van der Waals surface area contributed by atoms with Crippen LogP contribution in [0.4, 0.5) is 0 Å². The summed E-state index contributed by atoms with van der Waals surface area (Å²) in [4.78, 5) is 4.68. The van der Waals surface area contributed by atoms with Gasteiger partial charge in [-0.3, -0.25) is 4.98 Å². The molecular weight excluding hydrogens is 286 g/mol. The summed E-state index contributed by atoms with van der Waals surface area (Å²) >= 11 is 0. The molecule has 0 bridgehead atoms. The fourth-order valence-electron chi connectivity index (χ4n) is 2.71. The summed E-state index contributed by atoms with van der Waals surface area (Å²) in [6.45, 7) is 4.58. The van der Waals surface area contributed by atoms with Crippen molar-refractivity contribution in [2.24, 2.45) is 0 Å². The molecule has 1 saturated heterocycles. The molecule has 0 spiro atoms. The Bertz CT molecular complexity index is 751. The van der Waals surface area contributed by atoms with E-state index < -0.39 is 10.0 Å². The number of pyridine rings is 1. The average Bonchev–Trinajstić information content (AvgIpc) is 2.77. The van der Waals surface area contributed by atoms with E-state index in [0.717, 1.165) is 24.0 Å². The van der Waals surface area contributed by atoms with Crippen LogP contribution in [0.1, 0.15) is 12.0 Å². The lowest BCUT2D eigenvalue weighted by molar-refractivity contribution is 0.432. The highest BCUT2D eigenvalue weighted by Gasteiger charge is 2.27. The molecule has 1 aromatic carbocycles. The summed E-state index contributed by atoms with van der Waals surface area (Å²) in [7, 11) is -3.48. The first-order valence-corrected chi connectivity index (χ1v) is 8.60. The second-order valence-electron chi connectivity index (χ2n) is 5.29. The number of hydrogen-bond donors (Lipinski definition) is 1. The van der Waals surface area contributed by atoms with Crippen molar-refractivity contribution in [3.05, 3.63) is 36.0 Å².